The Hall–Kier alpha value is -3.00. The largest absolute Gasteiger partial charge is 0.496 e. The molecule has 134 valence electrons. The maximum absolute atomic E-state index is 13.9. The predicted molar refractivity (Wildman–Crippen MR) is 98.6 cm³/mol. The highest BCUT2D eigenvalue weighted by Gasteiger charge is 2.10. The first kappa shape index (κ1) is 17.8. The van der Waals surface area contributed by atoms with Gasteiger partial charge in [-0.15, -0.1) is 11.3 Å². The number of halogens is 2. The fourth-order valence-electron chi connectivity index (χ4n) is 2.31. The second-order valence-corrected chi connectivity index (χ2v) is 6.18. The van der Waals surface area contributed by atoms with E-state index in [1.165, 1.54) is 36.6 Å². The standard InChI is InChI=1S/C18H16F2N4OS/c1-25-16-4-2-3-14(20)13(16)9-22-17(21)24-18-23-15(10-26-18)11-5-7-12(19)8-6-11/h2-8,10H,9H2,1H3,(H3,21,22,23,24). The minimum absolute atomic E-state index is 0.0182. The fourth-order valence-corrected chi connectivity index (χ4v) is 3.04. The monoisotopic (exact) mass is 374 g/mol. The van der Waals surface area contributed by atoms with Gasteiger partial charge in [0, 0.05) is 23.1 Å². The molecule has 0 aliphatic rings. The molecular formula is C18H16F2N4OS. The Morgan fingerprint density at radius 2 is 1.96 bits per heavy atom. The van der Waals surface area contributed by atoms with Crippen molar-refractivity contribution in [3.8, 4) is 17.0 Å². The zero-order valence-electron chi connectivity index (χ0n) is 13.8. The van der Waals surface area contributed by atoms with E-state index < -0.39 is 5.82 Å². The summed E-state index contributed by atoms with van der Waals surface area (Å²) in [4.78, 5) is 4.36. The highest BCUT2D eigenvalue weighted by Crippen LogP contribution is 2.25. The van der Waals surface area contributed by atoms with Crippen LogP contribution in [-0.4, -0.2) is 18.1 Å². The summed E-state index contributed by atoms with van der Waals surface area (Å²) in [5, 5.41) is 15.9. The number of rotatable bonds is 5. The summed E-state index contributed by atoms with van der Waals surface area (Å²) in [6.45, 7) is 0.0951. The number of anilines is 1. The average Bonchev–Trinajstić information content (AvgIpc) is 3.09. The van der Waals surface area contributed by atoms with Crippen molar-refractivity contribution in [1.82, 2.24) is 10.3 Å². The van der Waals surface area contributed by atoms with Crippen LogP contribution in [0.5, 0.6) is 5.75 Å². The van der Waals surface area contributed by atoms with Gasteiger partial charge in [-0.3, -0.25) is 5.41 Å². The highest BCUT2D eigenvalue weighted by molar-refractivity contribution is 7.14. The molecule has 0 aliphatic heterocycles. The van der Waals surface area contributed by atoms with E-state index in [0.29, 0.717) is 22.1 Å². The van der Waals surface area contributed by atoms with E-state index >= 15 is 0 Å². The van der Waals surface area contributed by atoms with E-state index in [4.69, 9.17) is 10.1 Å². The van der Waals surface area contributed by atoms with Crippen LogP contribution in [0.4, 0.5) is 13.9 Å². The van der Waals surface area contributed by atoms with E-state index in [-0.39, 0.29) is 18.3 Å². The Morgan fingerprint density at radius 1 is 1.19 bits per heavy atom. The number of guanidine groups is 1. The molecule has 0 amide bonds. The van der Waals surface area contributed by atoms with Gasteiger partial charge < -0.3 is 15.4 Å². The van der Waals surface area contributed by atoms with Crippen LogP contribution in [0.2, 0.25) is 0 Å². The molecule has 26 heavy (non-hydrogen) atoms. The van der Waals surface area contributed by atoms with Crippen molar-refractivity contribution in [2.24, 2.45) is 0 Å². The van der Waals surface area contributed by atoms with Gasteiger partial charge in [0.05, 0.1) is 12.8 Å². The van der Waals surface area contributed by atoms with E-state index in [1.54, 1.807) is 24.3 Å². The number of thiazole rings is 1. The lowest BCUT2D eigenvalue weighted by atomic mass is 10.2. The summed E-state index contributed by atoms with van der Waals surface area (Å²) in [6.07, 6.45) is 0. The van der Waals surface area contributed by atoms with E-state index in [0.717, 1.165) is 5.56 Å². The van der Waals surface area contributed by atoms with Crippen molar-refractivity contribution in [3.05, 3.63) is 65.0 Å². The van der Waals surface area contributed by atoms with Gasteiger partial charge in [-0.1, -0.05) is 6.07 Å². The number of benzene rings is 2. The van der Waals surface area contributed by atoms with Gasteiger partial charge in [0.2, 0.25) is 0 Å². The molecule has 3 N–H and O–H groups in total. The normalized spacial score (nSPS) is 10.4. The Bertz CT molecular complexity index is 912. The lowest BCUT2D eigenvalue weighted by molar-refractivity contribution is 0.403. The molecular weight excluding hydrogens is 358 g/mol. The van der Waals surface area contributed by atoms with Crippen LogP contribution in [0.1, 0.15) is 5.56 Å². The first-order chi connectivity index (χ1) is 12.6. The number of aromatic nitrogens is 1. The second-order valence-electron chi connectivity index (χ2n) is 5.32. The molecule has 3 rings (SSSR count). The van der Waals surface area contributed by atoms with Crippen molar-refractivity contribution >= 4 is 22.4 Å². The summed E-state index contributed by atoms with van der Waals surface area (Å²) < 4.78 is 32.0. The summed E-state index contributed by atoms with van der Waals surface area (Å²) >= 11 is 1.31. The van der Waals surface area contributed by atoms with Gasteiger partial charge in [-0.05, 0) is 36.4 Å². The lowest BCUT2D eigenvalue weighted by Gasteiger charge is -2.12. The number of methoxy groups -OCH3 is 1. The van der Waals surface area contributed by atoms with Crippen LogP contribution >= 0.6 is 11.3 Å². The summed E-state index contributed by atoms with van der Waals surface area (Å²) in [5.74, 6) is -0.317. The first-order valence-corrected chi connectivity index (χ1v) is 8.57. The first-order valence-electron chi connectivity index (χ1n) is 7.69. The smallest absolute Gasteiger partial charge is 0.195 e. The number of nitrogens with one attached hydrogen (secondary N) is 3. The molecule has 2 aromatic carbocycles. The zero-order chi connectivity index (χ0) is 18.5. The predicted octanol–water partition coefficient (Wildman–Crippen LogP) is 4.23. The van der Waals surface area contributed by atoms with Gasteiger partial charge in [0.1, 0.15) is 17.4 Å². The maximum atomic E-state index is 13.9. The fraction of sp³-hybridized carbons (Fsp3) is 0.111. The average molecular weight is 374 g/mol. The van der Waals surface area contributed by atoms with Crippen molar-refractivity contribution in [1.29, 1.82) is 5.41 Å². The minimum Gasteiger partial charge on any atom is -0.496 e. The van der Waals surface area contributed by atoms with Crippen LogP contribution in [0, 0.1) is 17.0 Å². The van der Waals surface area contributed by atoms with Crippen LogP contribution < -0.4 is 15.4 Å². The molecule has 0 radical (unpaired) electrons. The highest BCUT2D eigenvalue weighted by atomic mass is 32.1. The van der Waals surface area contributed by atoms with Crippen LogP contribution in [0.3, 0.4) is 0 Å². The number of nitrogens with zero attached hydrogens (tertiary/aromatic N) is 1. The third-order valence-corrected chi connectivity index (χ3v) is 4.37. The quantitative estimate of drug-likeness (QED) is 0.462. The van der Waals surface area contributed by atoms with Crippen molar-refractivity contribution in [2.45, 2.75) is 6.54 Å². The number of hydrogen-bond acceptors (Lipinski definition) is 4. The van der Waals surface area contributed by atoms with Gasteiger partial charge in [-0.25, -0.2) is 13.8 Å². The summed E-state index contributed by atoms with van der Waals surface area (Å²) in [6, 6.07) is 10.6. The topological polar surface area (TPSA) is 70.0 Å². The van der Waals surface area contributed by atoms with Crippen LogP contribution in [0.25, 0.3) is 11.3 Å². The molecule has 0 aliphatic carbocycles. The van der Waals surface area contributed by atoms with Gasteiger partial charge >= 0.3 is 0 Å². The second kappa shape index (κ2) is 7.92. The van der Waals surface area contributed by atoms with Gasteiger partial charge in [0.15, 0.2) is 11.1 Å². The van der Waals surface area contributed by atoms with E-state index in [1.807, 2.05) is 5.38 Å². The lowest BCUT2D eigenvalue weighted by Crippen LogP contribution is -2.29. The molecule has 1 heterocycles. The van der Waals surface area contributed by atoms with Crippen LogP contribution in [0.15, 0.2) is 47.8 Å². The molecule has 8 heteroatoms. The third kappa shape index (κ3) is 4.15. The molecule has 1 aromatic heterocycles. The van der Waals surface area contributed by atoms with Crippen molar-refractivity contribution < 1.29 is 13.5 Å². The number of ether oxygens (including phenoxy) is 1. The summed E-state index contributed by atoms with van der Waals surface area (Å²) in [7, 11) is 1.47. The molecule has 0 fully saturated rings. The Kier molecular flexibility index (Phi) is 5.43. The van der Waals surface area contributed by atoms with Crippen molar-refractivity contribution in [2.75, 3.05) is 12.4 Å². The molecule has 0 unspecified atom stereocenters. The molecule has 5 nitrogen and oxygen atoms in total. The summed E-state index contributed by atoms with van der Waals surface area (Å²) in [5.41, 5.74) is 1.81. The SMILES string of the molecule is COc1cccc(F)c1CNC(=N)Nc1nc(-c2ccc(F)cc2)cs1. The van der Waals surface area contributed by atoms with Gasteiger partial charge in [-0.2, -0.15) is 0 Å². The molecule has 0 spiro atoms. The van der Waals surface area contributed by atoms with Gasteiger partial charge in [0.25, 0.3) is 0 Å². The molecule has 0 atom stereocenters. The van der Waals surface area contributed by atoms with E-state index in [9.17, 15) is 8.78 Å². The molecule has 0 saturated heterocycles. The zero-order valence-corrected chi connectivity index (χ0v) is 14.7. The maximum Gasteiger partial charge on any atom is 0.195 e. The Balaban J connectivity index is 1.62. The molecule has 0 bridgehead atoms. The number of hydrogen-bond donors (Lipinski definition) is 3. The Labute approximate surface area is 153 Å². The van der Waals surface area contributed by atoms with Crippen molar-refractivity contribution in [3.63, 3.8) is 0 Å². The molecule has 0 saturated carbocycles. The Morgan fingerprint density at radius 3 is 2.69 bits per heavy atom. The minimum atomic E-state index is -0.405. The molecule has 3 aromatic rings. The van der Waals surface area contributed by atoms with E-state index in [2.05, 4.69) is 15.6 Å². The third-order valence-electron chi connectivity index (χ3n) is 3.61. The van der Waals surface area contributed by atoms with Crippen LogP contribution in [-0.2, 0) is 6.54 Å².